The lowest BCUT2D eigenvalue weighted by molar-refractivity contribution is -0.122. The number of rotatable bonds is 6. The smallest absolute Gasteiger partial charge is 0.224 e. The fourth-order valence-electron chi connectivity index (χ4n) is 1.77. The van der Waals surface area contributed by atoms with Gasteiger partial charge in [0.1, 0.15) is 5.75 Å². The fraction of sp³-hybridized carbons (Fsp3) is 0.500. The van der Waals surface area contributed by atoms with E-state index in [-0.39, 0.29) is 11.4 Å². The van der Waals surface area contributed by atoms with Crippen molar-refractivity contribution in [1.82, 2.24) is 5.32 Å². The highest BCUT2D eigenvalue weighted by molar-refractivity contribution is 5.79. The van der Waals surface area contributed by atoms with Crippen LogP contribution in [0.5, 0.6) is 5.75 Å². The number of ether oxygens (including phenoxy) is 1. The number of nitrogens with two attached hydrogens (primary N) is 1. The molecule has 1 aromatic rings. The monoisotopic (exact) mass is 250 g/mol. The van der Waals surface area contributed by atoms with Crippen molar-refractivity contribution in [3.63, 3.8) is 0 Å². The Kier molecular flexibility index (Phi) is 5.16. The highest BCUT2D eigenvalue weighted by atomic mass is 16.5. The molecule has 0 aliphatic rings. The molecule has 0 saturated carbocycles. The Balaban J connectivity index is 2.53. The first-order chi connectivity index (χ1) is 8.46. The minimum atomic E-state index is -0.252. The Morgan fingerprint density at radius 1 is 1.33 bits per heavy atom. The van der Waals surface area contributed by atoms with Crippen molar-refractivity contribution in [1.29, 1.82) is 0 Å². The van der Waals surface area contributed by atoms with Gasteiger partial charge in [-0.1, -0.05) is 12.1 Å². The molecule has 1 aromatic carbocycles. The maximum Gasteiger partial charge on any atom is 0.224 e. The van der Waals surface area contributed by atoms with Gasteiger partial charge in [-0.3, -0.25) is 4.79 Å². The predicted molar refractivity (Wildman–Crippen MR) is 72.6 cm³/mol. The van der Waals surface area contributed by atoms with Crippen LogP contribution < -0.4 is 15.8 Å². The topological polar surface area (TPSA) is 64.3 Å². The summed E-state index contributed by atoms with van der Waals surface area (Å²) in [6, 6.07) is 7.50. The van der Waals surface area contributed by atoms with Gasteiger partial charge in [-0.25, -0.2) is 0 Å². The van der Waals surface area contributed by atoms with E-state index >= 15 is 0 Å². The SMILES string of the molecule is COc1ccc(CC(=O)NC(C)(C)CCN)cc1. The van der Waals surface area contributed by atoms with E-state index in [1.807, 2.05) is 38.1 Å². The number of hydrogen-bond donors (Lipinski definition) is 2. The van der Waals surface area contributed by atoms with Crippen molar-refractivity contribution in [2.75, 3.05) is 13.7 Å². The summed E-state index contributed by atoms with van der Waals surface area (Å²) in [6.07, 6.45) is 1.14. The van der Waals surface area contributed by atoms with Crippen LogP contribution in [0.1, 0.15) is 25.8 Å². The highest BCUT2D eigenvalue weighted by Crippen LogP contribution is 2.12. The molecule has 0 spiro atoms. The summed E-state index contributed by atoms with van der Waals surface area (Å²) >= 11 is 0. The number of carbonyl (C=O) groups excluding carboxylic acids is 1. The van der Waals surface area contributed by atoms with E-state index in [4.69, 9.17) is 10.5 Å². The number of methoxy groups -OCH3 is 1. The van der Waals surface area contributed by atoms with Crippen molar-refractivity contribution in [2.45, 2.75) is 32.2 Å². The Morgan fingerprint density at radius 3 is 2.44 bits per heavy atom. The molecule has 0 radical (unpaired) electrons. The zero-order valence-electron chi connectivity index (χ0n) is 11.3. The van der Waals surface area contributed by atoms with Gasteiger partial charge in [0, 0.05) is 5.54 Å². The second-order valence-electron chi connectivity index (χ2n) is 5.00. The van der Waals surface area contributed by atoms with Gasteiger partial charge >= 0.3 is 0 Å². The molecule has 0 unspecified atom stereocenters. The van der Waals surface area contributed by atoms with Crippen LogP contribution in [0.2, 0.25) is 0 Å². The Bertz CT molecular complexity index is 385. The largest absolute Gasteiger partial charge is 0.497 e. The van der Waals surface area contributed by atoms with Gasteiger partial charge in [0.25, 0.3) is 0 Å². The molecule has 1 rings (SSSR count). The van der Waals surface area contributed by atoms with E-state index in [9.17, 15) is 4.79 Å². The van der Waals surface area contributed by atoms with E-state index in [1.165, 1.54) is 0 Å². The predicted octanol–water partition coefficient (Wildman–Crippen LogP) is 1.48. The van der Waals surface area contributed by atoms with Gasteiger partial charge in [0.15, 0.2) is 0 Å². The van der Waals surface area contributed by atoms with Crippen LogP contribution in [0.15, 0.2) is 24.3 Å². The van der Waals surface area contributed by atoms with Gasteiger partial charge in [-0.2, -0.15) is 0 Å². The maximum absolute atomic E-state index is 11.9. The Morgan fingerprint density at radius 2 is 1.94 bits per heavy atom. The lowest BCUT2D eigenvalue weighted by atomic mass is 10.00. The number of nitrogens with one attached hydrogen (secondary N) is 1. The second-order valence-corrected chi connectivity index (χ2v) is 5.00. The highest BCUT2D eigenvalue weighted by Gasteiger charge is 2.19. The van der Waals surface area contributed by atoms with Crippen molar-refractivity contribution >= 4 is 5.91 Å². The molecule has 100 valence electrons. The molecule has 4 nitrogen and oxygen atoms in total. The van der Waals surface area contributed by atoms with Gasteiger partial charge in [0.05, 0.1) is 13.5 Å². The Hall–Kier alpha value is -1.55. The lowest BCUT2D eigenvalue weighted by Crippen LogP contribution is -2.45. The van der Waals surface area contributed by atoms with Crippen molar-refractivity contribution < 1.29 is 9.53 Å². The molecule has 0 atom stereocenters. The average molecular weight is 250 g/mol. The third-order valence-corrected chi connectivity index (χ3v) is 2.77. The summed E-state index contributed by atoms with van der Waals surface area (Å²) in [5.41, 5.74) is 6.23. The zero-order valence-corrected chi connectivity index (χ0v) is 11.3. The molecule has 0 aliphatic heterocycles. The zero-order chi connectivity index (χ0) is 13.6. The molecular formula is C14H22N2O2. The number of hydrogen-bond acceptors (Lipinski definition) is 3. The molecule has 0 aromatic heterocycles. The van der Waals surface area contributed by atoms with Crippen LogP contribution in [0.3, 0.4) is 0 Å². The number of amides is 1. The first-order valence-corrected chi connectivity index (χ1v) is 6.11. The fourth-order valence-corrected chi connectivity index (χ4v) is 1.77. The molecular weight excluding hydrogens is 228 g/mol. The van der Waals surface area contributed by atoms with Gasteiger partial charge in [-0.15, -0.1) is 0 Å². The van der Waals surface area contributed by atoms with Crippen molar-refractivity contribution in [3.05, 3.63) is 29.8 Å². The normalized spacial score (nSPS) is 11.1. The van der Waals surface area contributed by atoms with E-state index in [0.717, 1.165) is 17.7 Å². The first kappa shape index (κ1) is 14.5. The summed E-state index contributed by atoms with van der Waals surface area (Å²) < 4.78 is 5.07. The van der Waals surface area contributed by atoms with Crippen molar-refractivity contribution in [3.8, 4) is 5.75 Å². The molecule has 0 heterocycles. The Labute approximate surface area is 109 Å². The van der Waals surface area contributed by atoms with Crippen LogP contribution in [-0.4, -0.2) is 25.1 Å². The van der Waals surface area contributed by atoms with Crippen molar-refractivity contribution in [2.24, 2.45) is 5.73 Å². The van der Waals surface area contributed by atoms with E-state index in [0.29, 0.717) is 13.0 Å². The minimum Gasteiger partial charge on any atom is -0.497 e. The summed E-state index contributed by atoms with van der Waals surface area (Å²) in [4.78, 5) is 11.9. The summed E-state index contributed by atoms with van der Waals surface area (Å²) in [5, 5.41) is 2.98. The first-order valence-electron chi connectivity index (χ1n) is 6.11. The average Bonchev–Trinajstić information content (AvgIpc) is 2.28. The quantitative estimate of drug-likeness (QED) is 0.804. The van der Waals surface area contributed by atoms with Gasteiger partial charge < -0.3 is 15.8 Å². The van der Waals surface area contributed by atoms with Crippen LogP contribution in [-0.2, 0) is 11.2 Å². The second kappa shape index (κ2) is 6.40. The van der Waals surface area contributed by atoms with Gasteiger partial charge in [-0.05, 0) is 44.5 Å². The molecule has 3 N–H and O–H groups in total. The minimum absolute atomic E-state index is 0.0126. The summed E-state index contributed by atoms with van der Waals surface area (Å²) in [6.45, 7) is 4.52. The molecule has 0 bridgehead atoms. The van der Waals surface area contributed by atoms with E-state index in [2.05, 4.69) is 5.32 Å². The molecule has 4 heteroatoms. The van der Waals surface area contributed by atoms with Crippen LogP contribution in [0.4, 0.5) is 0 Å². The van der Waals surface area contributed by atoms with E-state index < -0.39 is 0 Å². The molecule has 1 amide bonds. The number of carbonyl (C=O) groups is 1. The molecule has 0 saturated heterocycles. The molecule has 0 aliphatic carbocycles. The summed E-state index contributed by atoms with van der Waals surface area (Å²) in [5.74, 6) is 0.807. The molecule has 0 fully saturated rings. The third-order valence-electron chi connectivity index (χ3n) is 2.77. The van der Waals surface area contributed by atoms with Crippen LogP contribution >= 0.6 is 0 Å². The van der Waals surface area contributed by atoms with Crippen LogP contribution in [0.25, 0.3) is 0 Å². The third kappa shape index (κ3) is 4.75. The van der Waals surface area contributed by atoms with E-state index in [1.54, 1.807) is 7.11 Å². The number of benzene rings is 1. The maximum atomic E-state index is 11.9. The standard InChI is InChI=1S/C14H22N2O2/c1-14(2,8-9-15)16-13(17)10-11-4-6-12(18-3)7-5-11/h4-7H,8-10,15H2,1-3H3,(H,16,17). The summed E-state index contributed by atoms with van der Waals surface area (Å²) in [7, 11) is 1.62. The van der Waals surface area contributed by atoms with Crippen LogP contribution in [0, 0.1) is 0 Å². The molecule has 18 heavy (non-hydrogen) atoms. The lowest BCUT2D eigenvalue weighted by Gasteiger charge is -2.25. The van der Waals surface area contributed by atoms with Gasteiger partial charge in [0.2, 0.25) is 5.91 Å².